The van der Waals surface area contributed by atoms with Crippen LogP contribution in [0.3, 0.4) is 0 Å². The molecule has 1 aliphatic rings. The van der Waals surface area contributed by atoms with Gasteiger partial charge in [-0.2, -0.15) is 0 Å². The molecule has 1 aromatic carbocycles. The molecule has 0 bridgehead atoms. The average molecular weight is 254 g/mol. The zero-order valence-electron chi connectivity index (χ0n) is 9.07. The Kier molecular flexibility index (Phi) is 3.33. The van der Waals surface area contributed by atoms with Crippen LogP contribution in [-0.2, 0) is 16.0 Å². The van der Waals surface area contributed by atoms with E-state index in [0.29, 0.717) is 17.9 Å². The van der Waals surface area contributed by atoms with Crippen molar-refractivity contribution in [2.24, 2.45) is 5.92 Å². The number of aliphatic carboxylic acids is 1. The number of fused-ring (bicyclic) bond motifs is 1. The van der Waals surface area contributed by atoms with Gasteiger partial charge in [0.2, 0.25) is 5.91 Å². The molecule has 0 saturated heterocycles. The summed E-state index contributed by atoms with van der Waals surface area (Å²) in [6.45, 7) is 0. The molecule has 0 spiro atoms. The number of halogens is 1. The molecule has 0 aliphatic carbocycles. The lowest BCUT2D eigenvalue weighted by Gasteiger charge is -2.24. The molecule has 2 N–H and O–H groups in total. The van der Waals surface area contributed by atoms with Crippen LogP contribution in [0.5, 0.6) is 0 Å². The lowest BCUT2D eigenvalue weighted by Crippen LogP contribution is -2.30. The number of carbonyl (C=O) groups excluding carboxylic acids is 1. The summed E-state index contributed by atoms with van der Waals surface area (Å²) in [5.74, 6) is -1.27. The minimum absolute atomic E-state index is 0.00792. The first-order valence-corrected chi connectivity index (χ1v) is 5.75. The Balaban J connectivity index is 2.14. The zero-order chi connectivity index (χ0) is 12.4. The van der Waals surface area contributed by atoms with E-state index in [1.165, 1.54) is 0 Å². The second kappa shape index (κ2) is 4.75. The second-order valence-electron chi connectivity index (χ2n) is 4.12. The van der Waals surface area contributed by atoms with E-state index in [1.807, 2.05) is 6.07 Å². The van der Waals surface area contributed by atoms with Crippen LogP contribution in [0.2, 0.25) is 5.02 Å². The number of anilines is 1. The van der Waals surface area contributed by atoms with Crippen molar-refractivity contribution in [2.45, 2.75) is 19.3 Å². The van der Waals surface area contributed by atoms with Gasteiger partial charge in [0.15, 0.2) is 0 Å². The maximum atomic E-state index is 11.7. The molecule has 2 rings (SSSR count). The van der Waals surface area contributed by atoms with Crippen LogP contribution in [0.15, 0.2) is 18.2 Å². The van der Waals surface area contributed by atoms with Crippen molar-refractivity contribution in [3.63, 3.8) is 0 Å². The monoisotopic (exact) mass is 253 g/mol. The maximum absolute atomic E-state index is 11.7. The molecular weight excluding hydrogens is 242 g/mol. The summed E-state index contributed by atoms with van der Waals surface area (Å²) in [7, 11) is 0. The first-order valence-electron chi connectivity index (χ1n) is 5.37. The standard InChI is InChI=1S/C12H12ClNO3/c13-9-2-3-10-8(6-9)5-7(12(17)14-10)1-4-11(15)16/h2-3,6-7H,1,4-5H2,(H,14,17)(H,15,16). The highest BCUT2D eigenvalue weighted by molar-refractivity contribution is 6.30. The van der Waals surface area contributed by atoms with E-state index >= 15 is 0 Å². The Bertz CT molecular complexity index is 473. The van der Waals surface area contributed by atoms with Crippen molar-refractivity contribution in [1.29, 1.82) is 0 Å². The quantitative estimate of drug-likeness (QED) is 0.869. The summed E-state index contributed by atoms with van der Waals surface area (Å²) in [6.07, 6.45) is 0.913. The average Bonchev–Trinajstić information content (AvgIpc) is 2.26. The van der Waals surface area contributed by atoms with Gasteiger partial charge in [0, 0.05) is 23.0 Å². The summed E-state index contributed by atoms with van der Waals surface area (Å²) < 4.78 is 0. The van der Waals surface area contributed by atoms with Crippen molar-refractivity contribution < 1.29 is 14.7 Å². The Morgan fingerprint density at radius 2 is 2.29 bits per heavy atom. The summed E-state index contributed by atoms with van der Waals surface area (Å²) in [5, 5.41) is 12.0. The third-order valence-corrected chi connectivity index (χ3v) is 3.10. The van der Waals surface area contributed by atoms with Gasteiger partial charge in [-0.3, -0.25) is 9.59 Å². The van der Waals surface area contributed by atoms with Crippen molar-refractivity contribution >= 4 is 29.2 Å². The number of carboxylic acids is 1. The van der Waals surface area contributed by atoms with Gasteiger partial charge in [0.05, 0.1) is 0 Å². The van der Waals surface area contributed by atoms with Gasteiger partial charge in [-0.25, -0.2) is 0 Å². The Hall–Kier alpha value is -1.55. The molecule has 5 heteroatoms. The Morgan fingerprint density at radius 1 is 1.53 bits per heavy atom. The molecule has 0 aromatic heterocycles. The summed E-state index contributed by atoms with van der Waals surface area (Å²) in [6, 6.07) is 5.30. The number of rotatable bonds is 3. The smallest absolute Gasteiger partial charge is 0.303 e. The fourth-order valence-electron chi connectivity index (χ4n) is 1.98. The minimum Gasteiger partial charge on any atom is -0.481 e. The van der Waals surface area contributed by atoms with E-state index in [1.54, 1.807) is 12.1 Å². The number of hydrogen-bond acceptors (Lipinski definition) is 2. The van der Waals surface area contributed by atoms with E-state index in [0.717, 1.165) is 11.3 Å². The van der Waals surface area contributed by atoms with Gasteiger partial charge in [0.1, 0.15) is 0 Å². The highest BCUT2D eigenvalue weighted by Crippen LogP contribution is 2.29. The Morgan fingerprint density at radius 3 is 3.00 bits per heavy atom. The van der Waals surface area contributed by atoms with E-state index in [2.05, 4.69) is 5.32 Å². The lowest BCUT2D eigenvalue weighted by molar-refractivity contribution is -0.137. The normalized spacial score (nSPS) is 18.4. The molecular formula is C12H12ClNO3. The first kappa shape index (κ1) is 11.9. The van der Waals surface area contributed by atoms with Gasteiger partial charge in [0.25, 0.3) is 0 Å². The van der Waals surface area contributed by atoms with Crippen molar-refractivity contribution in [1.82, 2.24) is 0 Å². The van der Waals surface area contributed by atoms with Gasteiger partial charge in [-0.15, -0.1) is 0 Å². The van der Waals surface area contributed by atoms with Crippen molar-refractivity contribution in [2.75, 3.05) is 5.32 Å². The number of carboxylic acid groups (broad SMARTS) is 1. The molecule has 17 heavy (non-hydrogen) atoms. The van der Waals surface area contributed by atoms with Gasteiger partial charge in [-0.05, 0) is 36.6 Å². The van der Waals surface area contributed by atoms with E-state index < -0.39 is 5.97 Å². The number of carbonyl (C=O) groups is 2. The van der Waals surface area contributed by atoms with Gasteiger partial charge < -0.3 is 10.4 Å². The number of nitrogens with one attached hydrogen (secondary N) is 1. The molecule has 90 valence electrons. The Labute approximate surface area is 104 Å². The molecule has 1 amide bonds. The van der Waals surface area contributed by atoms with Crippen molar-refractivity contribution in [3.05, 3.63) is 28.8 Å². The molecule has 1 aliphatic heterocycles. The number of amides is 1. The van der Waals surface area contributed by atoms with Gasteiger partial charge in [-0.1, -0.05) is 11.6 Å². The molecule has 0 saturated carbocycles. The lowest BCUT2D eigenvalue weighted by atomic mass is 9.90. The summed E-state index contributed by atoms with van der Waals surface area (Å²) >= 11 is 5.88. The minimum atomic E-state index is -0.880. The van der Waals surface area contributed by atoms with Crippen LogP contribution >= 0.6 is 11.6 Å². The van der Waals surface area contributed by atoms with Gasteiger partial charge >= 0.3 is 5.97 Å². The highest BCUT2D eigenvalue weighted by Gasteiger charge is 2.26. The predicted molar refractivity (Wildman–Crippen MR) is 64.1 cm³/mol. The van der Waals surface area contributed by atoms with Crippen LogP contribution in [0, 0.1) is 5.92 Å². The molecule has 0 fully saturated rings. The van der Waals surface area contributed by atoms with E-state index in [9.17, 15) is 9.59 Å². The fourth-order valence-corrected chi connectivity index (χ4v) is 2.17. The third kappa shape index (κ3) is 2.77. The van der Waals surface area contributed by atoms with Crippen LogP contribution in [0.4, 0.5) is 5.69 Å². The van der Waals surface area contributed by atoms with Crippen molar-refractivity contribution in [3.8, 4) is 0 Å². The topological polar surface area (TPSA) is 66.4 Å². The largest absolute Gasteiger partial charge is 0.481 e. The fraction of sp³-hybridized carbons (Fsp3) is 0.333. The van der Waals surface area contributed by atoms with E-state index in [-0.39, 0.29) is 18.2 Å². The third-order valence-electron chi connectivity index (χ3n) is 2.87. The summed E-state index contributed by atoms with van der Waals surface area (Å²) in [4.78, 5) is 22.2. The summed E-state index contributed by atoms with van der Waals surface area (Å²) in [5.41, 5.74) is 1.73. The predicted octanol–water partition coefficient (Wildman–Crippen LogP) is 2.32. The number of benzene rings is 1. The first-order chi connectivity index (χ1) is 8.06. The van der Waals surface area contributed by atoms with E-state index in [4.69, 9.17) is 16.7 Å². The SMILES string of the molecule is O=C(O)CCC1Cc2cc(Cl)ccc2NC1=O. The second-order valence-corrected chi connectivity index (χ2v) is 4.56. The van der Waals surface area contributed by atoms with Crippen LogP contribution in [-0.4, -0.2) is 17.0 Å². The highest BCUT2D eigenvalue weighted by atomic mass is 35.5. The molecule has 4 nitrogen and oxygen atoms in total. The molecule has 1 atom stereocenters. The maximum Gasteiger partial charge on any atom is 0.303 e. The van der Waals surface area contributed by atoms with Crippen LogP contribution < -0.4 is 5.32 Å². The van der Waals surface area contributed by atoms with Crippen LogP contribution in [0.1, 0.15) is 18.4 Å². The zero-order valence-corrected chi connectivity index (χ0v) is 9.83. The van der Waals surface area contributed by atoms with Crippen LogP contribution in [0.25, 0.3) is 0 Å². The number of hydrogen-bond donors (Lipinski definition) is 2. The molecule has 1 heterocycles. The molecule has 1 unspecified atom stereocenters. The molecule has 0 radical (unpaired) electrons. The molecule has 1 aromatic rings.